The molecular weight excluding hydrogens is 262 g/mol. The fraction of sp³-hybridized carbons (Fsp3) is 0.765. The summed E-state index contributed by atoms with van der Waals surface area (Å²) < 4.78 is 1.91. The van der Waals surface area contributed by atoms with Crippen LogP contribution in [0, 0.1) is 13.8 Å². The van der Waals surface area contributed by atoms with Crippen molar-refractivity contribution in [1.82, 2.24) is 14.7 Å². The standard InChI is InChI=1S/C17H29N3O/c1-5-20(15-9-7-6-8-10-15)17(21)12-11-16-13(2)18-19(4)14(16)3/h15H,5-12H2,1-4H3. The first-order valence-electron chi connectivity index (χ1n) is 8.33. The third kappa shape index (κ3) is 3.66. The Balaban J connectivity index is 1.96. The Hall–Kier alpha value is -1.32. The number of aryl methyl sites for hydroxylation is 2. The summed E-state index contributed by atoms with van der Waals surface area (Å²) in [4.78, 5) is 14.7. The molecule has 0 saturated heterocycles. The Morgan fingerprint density at radius 1 is 1.29 bits per heavy atom. The van der Waals surface area contributed by atoms with E-state index in [1.165, 1.54) is 43.4 Å². The van der Waals surface area contributed by atoms with Gasteiger partial charge in [-0.05, 0) is 45.6 Å². The fourth-order valence-corrected chi connectivity index (χ4v) is 3.59. The van der Waals surface area contributed by atoms with Crippen molar-refractivity contribution in [3.63, 3.8) is 0 Å². The van der Waals surface area contributed by atoms with E-state index in [9.17, 15) is 4.79 Å². The predicted molar refractivity (Wildman–Crippen MR) is 85.3 cm³/mol. The Morgan fingerprint density at radius 2 is 1.95 bits per heavy atom. The fourth-order valence-electron chi connectivity index (χ4n) is 3.59. The molecule has 0 aromatic carbocycles. The second-order valence-electron chi connectivity index (χ2n) is 6.24. The number of carbonyl (C=O) groups excluding carboxylic acids is 1. The Morgan fingerprint density at radius 3 is 2.48 bits per heavy atom. The summed E-state index contributed by atoms with van der Waals surface area (Å²) >= 11 is 0. The highest BCUT2D eigenvalue weighted by Gasteiger charge is 2.24. The summed E-state index contributed by atoms with van der Waals surface area (Å²) in [7, 11) is 1.97. The monoisotopic (exact) mass is 291 g/mol. The Kier molecular flexibility index (Phi) is 5.43. The second kappa shape index (κ2) is 7.10. The summed E-state index contributed by atoms with van der Waals surface area (Å²) in [6.07, 6.45) is 7.67. The Labute approximate surface area is 128 Å². The summed E-state index contributed by atoms with van der Waals surface area (Å²) in [5.74, 6) is 0.312. The van der Waals surface area contributed by atoms with Gasteiger partial charge in [0, 0.05) is 31.7 Å². The van der Waals surface area contributed by atoms with Crippen LogP contribution in [0.15, 0.2) is 0 Å². The van der Waals surface area contributed by atoms with E-state index in [4.69, 9.17) is 0 Å². The molecule has 1 aliphatic carbocycles. The molecule has 1 heterocycles. The van der Waals surface area contributed by atoms with Crippen LogP contribution in [-0.4, -0.2) is 33.2 Å². The SMILES string of the molecule is CCN(C(=O)CCc1c(C)nn(C)c1C)C1CCCCC1. The van der Waals surface area contributed by atoms with Crippen LogP contribution in [0.2, 0.25) is 0 Å². The van der Waals surface area contributed by atoms with Gasteiger partial charge in [0.1, 0.15) is 0 Å². The van der Waals surface area contributed by atoms with Crippen molar-refractivity contribution < 1.29 is 4.79 Å². The molecule has 0 unspecified atom stereocenters. The van der Waals surface area contributed by atoms with Gasteiger partial charge in [-0.15, -0.1) is 0 Å². The number of amides is 1. The lowest BCUT2D eigenvalue weighted by molar-refractivity contribution is -0.133. The van der Waals surface area contributed by atoms with Crippen molar-refractivity contribution >= 4 is 5.91 Å². The molecule has 0 aliphatic heterocycles. The smallest absolute Gasteiger partial charge is 0.223 e. The molecule has 4 nitrogen and oxygen atoms in total. The molecule has 2 rings (SSSR count). The molecule has 1 amide bonds. The summed E-state index contributed by atoms with van der Waals surface area (Å²) in [5, 5.41) is 4.44. The molecule has 118 valence electrons. The van der Waals surface area contributed by atoms with Crippen molar-refractivity contribution in [1.29, 1.82) is 0 Å². The molecule has 0 radical (unpaired) electrons. The van der Waals surface area contributed by atoms with Gasteiger partial charge in [-0.25, -0.2) is 0 Å². The first kappa shape index (κ1) is 16.1. The molecule has 21 heavy (non-hydrogen) atoms. The molecule has 1 aromatic rings. The highest BCUT2D eigenvalue weighted by atomic mass is 16.2. The minimum absolute atomic E-state index is 0.312. The minimum atomic E-state index is 0.312. The van der Waals surface area contributed by atoms with Crippen LogP contribution in [0.4, 0.5) is 0 Å². The number of rotatable bonds is 5. The normalized spacial score (nSPS) is 16.2. The zero-order valence-corrected chi connectivity index (χ0v) is 14.0. The van der Waals surface area contributed by atoms with Crippen LogP contribution >= 0.6 is 0 Å². The lowest BCUT2D eigenvalue weighted by atomic mass is 9.93. The molecule has 0 atom stereocenters. The summed E-state index contributed by atoms with van der Waals surface area (Å²) in [6, 6.07) is 0.479. The number of nitrogens with zero attached hydrogens (tertiary/aromatic N) is 3. The Bertz CT molecular complexity index is 486. The molecule has 0 spiro atoms. The highest BCUT2D eigenvalue weighted by molar-refractivity contribution is 5.76. The van der Waals surface area contributed by atoms with Gasteiger partial charge >= 0.3 is 0 Å². The van der Waals surface area contributed by atoms with E-state index in [-0.39, 0.29) is 0 Å². The first-order chi connectivity index (χ1) is 10.0. The molecular formula is C17H29N3O. The average Bonchev–Trinajstić information content (AvgIpc) is 2.72. The van der Waals surface area contributed by atoms with E-state index >= 15 is 0 Å². The molecule has 0 bridgehead atoms. The lowest BCUT2D eigenvalue weighted by Gasteiger charge is -2.33. The quantitative estimate of drug-likeness (QED) is 0.836. The van der Waals surface area contributed by atoms with Crippen LogP contribution in [0.25, 0.3) is 0 Å². The molecule has 1 fully saturated rings. The maximum atomic E-state index is 12.6. The number of carbonyl (C=O) groups is 1. The molecule has 1 aromatic heterocycles. The van der Waals surface area contributed by atoms with E-state index in [1.54, 1.807) is 0 Å². The van der Waals surface area contributed by atoms with E-state index in [2.05, 4.69) is 23.8 Å². The summed E-state index contributed by atoms with van der Waals surface area (Å²) in [6.45, 7) is 7.06. The van der Waals surface area contributed by atoms with Gasteiger partial charge in [0.15, 0.2) is 0 Å². The van der Waals surface area contributed by atoms with Crippen LogP contribution in [0.1, 0.15) is 62.4 Å². The summed E-state index contributed by atoms with van der Waals surface area (Å²) in [5.41, 5.74) is 3.48. The average molecular weight is 291 g/mol. The third-order valence-corrected chi connectivity index (χ3v) is 4.92. The van der Waals surface area contributed by atoms with Crippen molar-refractivity contribution in [2.45, 2.75) is 71.8 Å². The zero-order valence-electron chi connectivity index (χ0n) is 14.0. The number of hydrogen-bond donors (Lipinski definition) is 0. The maximum Gasteiger partial charge on any atom is 0.223 e. The first-order valence-corrected chi connectivity index (χ1v) is 8.33. The molecule has 0 N–H and O–H groups in total. The van der Waals surface area contributed by atoms with E-state index in [0.717, 1.165) is 18.7 Å². The van der Waals surface area contributed by atoms with Gasteiger partial charge in [0.05, 0.1) is 5.69 Å². The zero-order chi connectivity index (χ0) is 15.4. The maximum absolute atomic E-state index is 12.6. The van der Waals surface area contributed by atoms with Crippen LogP contribution in [0.5, 0.6) is 0 Å². The number of hydrogen-bond acceptors (Lipinski definition) is 2. The van der Waals surface area contributed by atoms with Gasteiger partial charge in [0.25, 0.3) is 0 Å². The van der Waals surface area contributed by atoms with Gasteiger partial charge in [0.2, 0.25) is 5.91 Å². The predicted octanol–water partition coefficient (Wildman–Crippen LogP) is 3.15. The largest absolute Gasteiger partial charge is 0.340 e. The van der Waals surface area contributed by atoms with Gasteiger partial charge in [-0.3, -0.25) is 9.48 Å². The van der Waals surface area contributed by atoms with Gasteiger partial charge in [-0.1, -0.05) is 19.3 Å². The van der Waals surface area contributed by atoms with Gasteiger partial charge in [-0.2, -0.15) is 5.10 Å². The minimum Gasteiger partial charge on any atom is -0.340 e. The van der Waals surface area contributed by atoms with E-state index in [1.807, 2.05) is 18.7 Å². The van der Waals surface area contributed by atoms with Crippen LogP contribution in [0.3, 0.4) is 0 Å². The van der Waals surface area contributed by atoms with Crippen molar-refractivity contribution in [3.8, 4) is 0 Å². The molecule has 4 heteroatoms. The third-order valence-electron chi connectivity index (χ3n) is 4.92. The van der Waals surface area contributed by atoms with Crippen molar-refractivity contribution in [2.24, 2.45) is 7.05 Å². The highest BCUT2D eigenvalue weighted by Crippen LogP contribution is 2.23. The van der Waals surface area contributed by atoms with Crippen LogP contribution < -0.4 is 0 Å². The number of aromatic nitrogens is 2. The lowest BCUT2D eigenvalue weighted by Crippen LogP contribution is -2.41. The van der Waals surface area contributed by atoms with Crippen molar-refractivity contribution in [2.75, 3.05) is 6.54 Å². The van der Waals surface area contributed by atoms with Crippen molar-refractivity contribution in [3.05, 3.63) is 17.0 Å². The van der Waals surface area contributed by atoms with E-state index in [0.29, 0.717) is 18.4 Å². The molecule has 1 aliphatic rings. The topological polar surface area (TPSA) is 38.1 Å². The second-order valence-corrected chi connectivity index (χ2v) is 6.24. The van der Waals surface area contributed by atoms with E-state index < -0.39 is 0 Å². The molecule has 1 saturated carbocycles. The van der Waals surface area contributed by atoms with Crippen LogP contribution in [-0.2, 0) is 18.3 Å². The van der Waals surface area contributed by atoms with Gasteiger partial charge < -0.3 is 4.90 Å².